The first kappa shape index (κ1) is 16.4. The van der Waals surface area contributed by atoms with Gasteiger partial charge in [-0.05, 0) is 31.2 Å². The van der Waals surface area contributed by atoms with Crippen LogP contribution in [0.4, 0.5) is 5.69 Å². The fourth-order valence-corrected chi connectivity index (χ4v) is 2.76. The van der Waals surface area contributed by atoms with Gasteiger partial charge in [-0.3, -0.25) is 13.9 Å². The Kier molecular flexibility index (Phi) is 4.03. The van der Waals surface area contributed by atoms with Crippen molar-refractivity contribution in [1.29, 1.82) is 5.26 Å². The molecule has 4 rings (SSSR count). The highest BCUT2D eigenvalue weighted by Crippen LogP contribution is 2.26. The van der Waals surface area contributed by atoms with Crippen LogP contribution in [-0.4, -0.2) is 25.0 Å². The van der Waals surface area contributed by atoms with E-state index in [0.29, 0.717) is 23.1 Å². The van der Waals surface area contributed by atoms with Crippen molar-refractivity contribution in [3.8, 4) is 17.8 Å². The molecule has 0 saturated carbocycles. The molecule has 0 aliphatic rings. The van der Waals surface area contributed by atoms with Crippen LogP contribution in [0.3, 0.4) is 0 Å². The molecule has 0 fully saturated rings. The van der Waals surface area contributed by atoms with Crippen molar-refractivity contribution in [1.82, 2.24) is 19.1 Å². The largest absolute Gasteiger partial charge is 0.443 e. The molecule has 0 atom stereocenters. The second-order valence-electron chi connectivity index (χ2n) is 5.74. The van der Waals surface area contributed by atoms with E-state index in [1.54, 1.807) is 65.5 Å². The van der Waals surface area contributed by atoms with Gasteiger partial charge in [-0.15, -0.1) is 0 Å². The molecule has 4 heterocycles. The maximum absolute atomic E-state index is 12.7. The summed E-state index contributed by atoms with van der Waals surface area (Å²) in [5, 5.41) is 12.3. The Morgan fingerprint density at radius 3 is 2.67 bits per heavy atom. The molecule has 0 aliphatic heterocycles. The summed E-state index contributed by atoms with van der Waals surface area (Å²) >= 11 is 0. The molecule has 27 heavy (non-hydrogen) atoms. The van der Waals surface area contributed by atoms with E-state index in [1.165, 1.54) is 0 Å². The zero-order valence-electron chi connectivity index (χ0n) is 14.3. The van der Waals surface area contributed by atoms with Crippen LogP contribution in [0.15, 0.2) is 66.0 Å². The predicted molar refractivity (Wildman–Crippen MR) is 96.8 cm³/mol. The van der Waals surface area contributed by atoms with Crippen LogP contribution in [-0.2, 0) is 0 Å². The number of carbonyl (C=O) groups is 1. The lowest BCUT2D eigenvalue weighted by molar-refractivity contribution is 0.102. The van der Waals surface area contributed by atoms with Gasteiger partial charge in [0.1, 0.15) is 35.1 Å². The minimum atomic E-state index is -0.427. The van der Waals surface area contributed by atoms with Gasteiger partial charge in [0.25, 0.3) is 5.91 Å². The SMILES string of the molecule is Cc1oc(-n2cccc2)c(C#N)c1C(=O)Nc1ccc(-n2ccnc2)nc1. The molecule has 1 amide bonds. The van der Waals surface area contributed by atoms with Crippen molar-refractivity contribution in [2.24, 2.45) is 0 Å². The van der Waals surface area contributed by atoms with E-state index in [4.69, 9.17) is 4.42 Å². The van der Waals surface area contributed by atoms with Gasteiger partial charge in [-0.1, -0.05) is 0 Å². The summed E-state index contributed by atoms with van der Waals surface area (Å²) in [6.45, 7) is 1.66. The van der Waals surface area contributed by atoms with Crippen LogP contribution in [0.25, 0.3) is 11.7 Å². The Morgan fingerprint density at radius 1 is 1.22 bits per heavy atom. The minimum Gasteiger partial charge on any atom is -0.443 e. The topological polar surface area (TPSA) is 102 Å². The van der Waals surface area contributed by atoms with E-state index >= 15 is 0 Å². The molecule has 0 unspecified atom stereocenters. The molecular weight excluding hydrogens is 344 g/mol. The number of aryl methyl sites for hydroxylation is 1. The lowest BCUT2D eigenvalue weighted by atomic mass is 10.1. The van der Waals surface area contributed by atoms with Gasteiger partial charge in [-0.2, -0.15) is 5.26 Å². The average molecular weight is 358 g/mol. The Balaban J connectivity index is 1.61. The maximum Gasteiger partial charge on any atom is 0.260 e. The number of furan rings is 1. The summed E-state index contributed by atoms with van der Waals surface area (Å²) in [5.74, 6) is 0.940. The highest BCUT2D eigenvalue weighted by atomic mass is 16.4. The molecular formula is C19H14N6O2. The molecule has 0 aromatic carbocycles. The molecule has 0 spiro atoms. The lowest BCUT2D eigenvalue weighted by Crippen LogP contribution is -2.14. The van der Waals surface area contributed by atoms with Crippen molar-refractivity contribution < 1.29 is 9.21 Å². The maximum atomic E-state index is 12.7. The first-order chi connectivity index (χ1) is 13.2. The van der Waals surface area contributed by atoms with Crippen LogP contribution in [0.5, 0.6) is 0 Å². The summed E-state index contributed by atoms with van der Waals surface area (Å²) in [6, 6.07) is 9.18. The summed E-state index contributed by atoms with van der Waals surface area (Å²) in [5.41, 5.74) is 0.903. The second kappa shape index (κ2) is 6.65. The summed E-state index contributed by atoms with van der Waals surface area (Å²) in [4.78, 5) is 21.0. The number of hydrogen-bond donors (Lipinski definition) is 1. The molecule has 4 aromatic heterocycles. The van der Waals surface area contributed by atoms with Gasteiger partial charge >= 0.3 is 0 Å². The van der Waals surface area contributed by atoms with Gasteiger partial charge in [0.05, 0.1) is 11.9 Å². The first-order valence-corrected chi connectivity index (χ1v) is 8.10. The molecule has 0 bridgehead atoms. The standard InChI is InChI=1S/C19H14N6O2/c1-13-17(15(10-20)19(27-13)24-7-2-3-8-24)18(26)23-14-4-5-16(22-11-14)25-9-6-21-12-25/h2-9,11-12H,1H3,(H,23,26). The number of hydrogen-bond acceptors (Lipinski definition) is 5. The molecule has 8 heteroatoms. The molecule has 0 saturated heterocycles. The van der Waals surface area contributed by atoms with Crippen LogP contribution in [0.2, 0.25) is 0 Å². The lowest BCUT2D eigenvalue weighted by Gasteiger charge is -2.06. The summed E-state index contributed by atoms with van der Waals surface area (Å²) in [6.07, 6.45) is 10.1. The van der Waals surface area contributed by atoms with Crippen LogP contribution < -0.4 is 5.32 Å². The zero-order chi connectivity index (χ0) is 18.8. The molecule has 132 valence electrons. The number of nitriles is 1. The number of aromatic nitrogens is 4. The van der Waals surface area contributed by atoms with E-state index < -0.39 is 5.91 Å². The van der Waals surface area contributed by atoms with Gasteiger partial charge < -0.3 is 9.73 Å². The zero-order valence-corrected chi connectivity index (χ0v) is 14.3. The van der Waals surface area contributed by atoms with E-state index in [0.717, 1.165) is 0 Å². The van der Waals surface area contributed by atoms with Crippen molar-refractivity contribution in [3.63, 3.8) is 0 Å². The highest BCUT2D eigenvalue weighted by molar-refractivity contribution is 6.07. The number of rotatable bonds is 4. The average Bonchev–Trinajstić information content (AvgIpc) is 3.42. The Bertz CT molecular complexity index is 1120. The van der Waals surface area contributed by atoms with Crippen molar-refractivity contribution in [3.05, 3.63) is 78.5 Å². The number of imidazole rings is 1. The fraction of sp³-hybridized carbons (Fsp3) is 0.0526. The summed E-state index contributed by atoms with van der Waals surface area (Å²) in [7, 11) is 0. The fourth-order valence-electron chi connectivity index (χ4n) is 2.76. The third-order valence-electron chi connectivity index (χ3n) is 4.02. The number of nitrogens with one attached hydrogen (secondary N) is 1. The van der Waals surface area contributed by atoms with Gasteiger partial charge in [0, 0.05) is 24.8 Å². The Labute approximate surface area is 154 Å². The Morgan fingerprint density at radius 2 is 2.04 bits per heavy atom. The molecule has 0 radical (unpaired) electrons. The number of anilines is 1. The van der Waals surface area contributed by atoms with Crippen molar-refractivity contribution in [2.45, 2.75) is 6.92 Å². The highest BCUT2D eigenvalue weighted by Gasteiger charge is 2.24. The molecule has 8 nitrogen and oxygen atoms in total. The van der Waals surface area contributed by atoms with Crippen molar-refractivity contribution in [2.75, 3.05) is 5.32 Å². The number of carbonyl (C=O) groups excluding carboxylic acids is 1. The predicted octanol–water partition coefficient (Wildman–Crippen LogP) is 3.08. The van der Waals surface area contributed by atoms with E-state index in [-0.39, 0.29) is 11.1 Å². The van der Waals surface area contributed by atoms with Crippen LogP contribution in [0, 0.1) is 18.3 Å². The third-order valence-corrected chi connectivity index (χ3v) is 4.02. The number of pyridine rings is 1. The van der Waals surface area contributed by atoms with Crippen LogP contribution >= 0.6 is 0 Å². The first-order valence-electron chi connectivity index (χ1n) is 8.10. The van der Waals surface area contributed by atoms with E-state index in [1.807, 2.05) is 12.1 Å². The van der Waals surface area contributed by atoms with E-state index in [2.05, 4.69) is 21.4 Å². The molecule has 1 N–H and O–H groups in total. The smallest absolute Gasteiger partial charge is 0.260 e. The third kappa shape index (κ3) is 2.98. The summed E-state index contributed by atoms with van der Waals surface area (Å²) < 4.78 is 9.07. The van der Waals surface area contributed by atoms with Crippen LogP contribution in [0.1, 0.15) is 21.7 Å². The van der Waals surface area contributed by atoms with Gasteiger partial charge in [0.15, 0.2) is 0 Å². The van der Waals surface area contributed by atoms with Gasteiger partial charge in [-0.25, -0.2) is 9.97 Å². The van der Waals surface area contributed by atoms with Gasteiger partial charge in [0.2, 0.25) is 5.88 Å². The monoisotopic (exact) mass is 358 g/mol. The second-order valence-corrected chi connectivity index (χ2v) is 5.74. The number of amides is 1. The number of nitrogens with zero attached hydrogens (tertiary/aromatic N) is 5. The Hall–Kier alpha value is -4.12. The quantitative estimate of drug-likeness (QED) is 0.604. The van der Waals surface area contributed by atoms with Crippen molar-refractivity contribution >= 4 is 11.6 Å². The minimum absolute atomic E-state index is 0.184. The molecule has 4 aromatic rings. The normalized spacial score (nSPS) is 10.5. The molecule has 0 aliphatic carbocycles. The van der Waals surface area contributed by atoms with E-state index in [9.17, 15) is 10.1 Å².